The van der Waals surface area contributed by atoms with Gasteiger partial charge in [0.25, 0.3) is 5.92 Å². The maximum absolute atomic E-state index is 13.8. The highest BCUT2D eigenvalue weighted by molar-refractivity contribution is 5.92. The molecule has 0 unspecified atom stereocenters. The van der Waals surface area contributed by atoms with Crippen LogP contribution < -0.4 is 5.32 Å². The van der Waals surface area contributed by atoms with Gasteiger partial charge in [-0.15, -0.1) is 0 Å². The Morgan fingerprint density at radius 1 is 1.27 bits per heavy atom. The fourth-order valence-corrected chi connectivity index (χ4v) is 3.01. The summed E-state index contributed by atoms with van der Waals surface area (Å²) in [5, 5.41) is 7.93. The minimum atomic E-state index is -2.72. The number of aromatic nitrogens is 6. The largest absolute Gasteiger partial charge is 0.348 e. The molecular formula is C17H15F2N7. The summed E-state index contributed by atoms with van der Waals surface area (Å²) in [5.74, 6) is -3.05. The Labute approximate surface area is 146 Å². The van der Waals surface area contributed by atoms with Gasteiger partial charge in [-0.1, -0.05) is 0 Å². The third-order valence-corrected chi connectivity index (χ3v) is 4.62. The van der Waals surface area contributed by atoms with Gasteiger partial charge in [0, 0.05) is 41.7 Å². The summed E-state index contributed by atoms with van der Waals surface area (Å²) < 4.78 is 29.3. The van der Waals surface area contributed by atoms with Crippen LogP contribution in [0, 0.1) is 5.92 Å². The molecule has 0 aromatic carbocycles. The van der Waals surface area contributed by atoms with Gasteiger partial charge in [-0.3, -0.25) is 0 Å². The topological polar surface area (TPSA) is 83.8 Å². The number of nitrogens with zero attached hydrogens (tertiary/aromatic N) is 5. The van der Waals surface area contributed by atoms with Crippen LogP contribution in [0.5, 0.6) is 0 Å². The first kappa shape index (κ1) is 15.2. The minimum absolute atomic E-state index is 0.184. The van der Waals surface area contributed by atoms with Crippen molar-refractivity contribution in [3.63, 3.8) is 0 Å². The molecule has 1 saturated carbocycles. The number of aromatic amines is 1. The van der Waals surface area contributed by atoms with Gasteiger partial charge in [0.2, 0.25) is 5.95 Å². The van der Waals surface area contributed by atoms with Crippen LogP contribution in [-0.4, -0.2) is 42.0 Å². The van der Waals surface area contributed by atoms with Crippen molar-refractivity contribution >= 4 is 22.6 Å². The third-order valence-electron chi connectivity index (χ3n) is 4.62. The first-order valence-corrected chi connectivity index (χ1v) is 8.37. The summed E-state index contributed by atoms with van der Waals surface area (Å²) in [6.45, 7) is -0.449. The molecule has 0 atom stereocenters. The van der Waals surface area contributed by atoms with Crippen molar-refractivity contribution in [3.8, 4) is 11.3 Å². The van der Waals surface area contributed by atoms with Gasteiger partial charge in [-0.25, -0.2) is 23.3 Å². The fraction of sp³-hybridized carbons (Fsp3) is 0.294. The second-order valence-corrected chi connectivity index (χ2v) is 6.50. The molecule has 1 fully saturated rings. The third kappa shape index (κ3) is 2.56. The van der Waals surface area contributed by atoms with E-state index in [-0.39, 0.29) is 5.95 Å². The van der Waals surface area contributed by atoms with Crippen molar-refractivity contribution in [1.82, 2.24) is 29.5 Å². The molecule has 0 radical (unpaired) electrons. The van der Waals surface area contributed by atoms with E-state index in [2.05, 4.69) is 30.4 Å². The lowest BCUT2D eigenvalue weighted by molar-refractivity contribution is -0.00831. The zero-order valence-electron chi connectivity index (χ0n) is 13.7. The average molecular weight is 355 g/mol. The Morgan fingerprint density at radius 2 is 2.15 bits per heavy atom. The zero-order chi connectivity index (χ0) is 17.7. The monoisotopic (exact) mass is 355 g/mol. The SMILES string of the molecule is FC(F)(CNc1ncc2c(-c3ccc4nccn4n3)c[nH]c2n1)C1CC1. The molecule has 0 saturated heterocycles. The van der Waals surface area contributed by atoms with Gasteiger partial charge in [-0.05, 0) is 25.0 Å². The molecule has 2 N–H and O–H groups in total. The van der Waals surface area contributed by atoms with Crippen molar-refractivity contribution in [2.75, 3.05) is 11.9 Å². The first-order valence-electron chi connectivity index (χ1n) is 8.37. The number of hydrogen-bond donors (Lipinski definition) is 2. The quantitative estimate of drug-likeness (QED) is 0.575. The first-order chi connectivity index (χ1) is 12.6. The van der Waals surface area contributed by atoms with E-state index >= 15 is 0 Å². The second kappa shape index (κ2) is 5.45. The van der Waals surface area contributed by atoms with Crippen LogP contribution in [-0.2, 0) is 0 Å². The number of halogens is 2. The number of imidazole rings is 1. The minimum Gasteiger partial charge on any atom is -0.348 e. The molecule has 0 aliphatic heterocycles. The van der Waals surface area contributed by atoms with Crippen LogP contribution in [0.1, 0.15) is 12.8 Å². The zero-order valence-corrected chi connectivity index (χ0v) is 13.7. The van der Waals surface area contributed by atoms with Crippen molar-refractivity contribution in [1.29, 1.82) is 0 Å². The molecular weight excluding hydrogens is 340 g/mol. The Morgan fingerprint density at radius 3 is 3.00 bits per heavy atom. The highest BCUT2D eigenvalue weighted by Gasteiger charge is 2.46. The van der Waals surface area contributed by atoms with Crippen molar-refractivity contribution in [2.24, 2.45) is 5.92 Å². The van der Waals surface area contributed by atoms with E-state index in [0.717, 1.165) is 22.3 Å². The van der Waals surface area contributed by atoms with Gasteiger partial charge < -0.3 is 10.3 Å². The molecule has 4 heterocycles. The highest BCUT2D eigenvalue weighted by atomic mass is 19.3. The summed E-state index contributed by atoms with van der Waals surface area (Å²) in [7, 11) is 0. The maximum Gasteiger partial charge on any atom is 0.267 e. The lowest BCUT2D eigenvalue weighted by Gasteiger charge is -2.15. The van der Waals surface area contributed by atoms with Gasteiger partial charge in [0.05, 0.1) is 12.2 Å². The molecule has 0 spiro atoms. The van der Waals surface area contributed by atoms with Crippen LogP contribution in [0.15, 0.2) is 36.9 Å². The molecule has 1 aliphatic rings. The second-order valence-electron chi connectivity index (χ2n) is 6.50. The molecule has 9 heteroatoms. The molecule has 26 heavy (non-hydrogen) atoms. The average Bonchev–Trinajstić information content (AvgIpc) is 3.27. The van der Waals surface area contributed by atoms with Crippen LogP contribution in [0.3, 0.4) is 0 Å². The van der Waals surface area contributed by atoms with Crippen LogP contribution >= 0.6 is 0 Å². The lowest BCUT2D eigenvalue weighted by atomic mass is 10.2. The number of alkyl halides is 2. The van der Waals surface area contributed by atoms with Crippen LogP contribution in [0.4, 0.5) is 14.7 Å². The van der Waals surface area contributed by atoms with Crippen molar-refractivity contribution < 1.29 is 8.78 Å². The van der Waals surface area contributed by atoms with Crippen LogP contribution in [0.2, 0.25) is 0 Å². The van der Waals surface area contributed by atoms with Crippen molar-refractivity contribution in [3.05, 3.63) is 36.9 Å². The molecule has 4 aromatic heterocycles. The van der Waals surface area contributed by atoms with Gasteiger partial charge in [0.1, 0.15) is 5.65 Å². The van der Waals surface area contributed by atoms with Crippen molar-refractivity contribution in [2.45, 2.75) is 18.8 Å². The van der Waals surface area contributed by atoms with E-state index in [1.165, 1.54) is 0 Å². The van der Waals surface area contributed by atoms with Gasteiger partial charge in [-0.2, -0.15) is 10.1 Å². The molecule has 7 nitrogen and oxygen atoms in total. The van der Waals surface area contributed by atoms with Gasteiger partial charge >= 0.3 is 0 Å². The summed E-state index contributed by atoms with van der Waals surface area (Å²) in [5.41, 5.74) is 2.91. The molecule has 4 aromatic rings. The number of anilines is 1. The molecule has 132 valence electrons. The van der Waals surface area contributed by atoms with E-state index in [0.29, 0.717) is 18.5 Å². The lowest BCUT2D eigenvalue weighted by Crippen LogP contribution is -2.29. The van der Waals surface area contributed by atoms with E-state index in [1.807, 2.05) is 12.1 Å². The normalized spacial score (nSPS) is 15.0. The standard InChI is InChI=1S/C17H15F2N7/c18-17(19,10-1-2-10)9-23-16-22-8-12-11(7-21-15(12)24-16)13-3-4-14-20-5-6-26(14)25-13/h3-8,10H,1-2,9H2,(H2,21,22,23,24). The number of rotatable bonds is 5. The Bertz CT molecular complexity index is 1100. The number of nitrogens with one attached hydrogen (secondary N) is 2. The fourth-order valence-electron chi connectivity index (χ4n) is 3.01. The van der Waals surface area contributed by atoms with E-state index in [9.17, 15) is 8.78 Å². The molecule has 5 rings (SSSR count). The summed E-state index contributed by atoms with van der Waals surface area (Å²) in [4.78, 5) is 15.7. The maximum atomic E-state index is 13.8. The Hall–Kier alpha value is -3.10. The van der Waals surface area contributed by atoms with Crippen LogP contribution in [0.25, 0.3) is 27.9 Å². The van der Waals surface area contributed by atoms with Gasteiger partial charge in [0.15, 0.2) is 5.65 Å². The number of hydrogen-bond acceptors (Lipinski definition) is 5. The predicted molar refractivity (Wildman–Crippen MR) is 92.0 cm³/mol. The Kier molecular flexibility index (Phi) is 3.18. The summed E-state index contributed by atoms with van der Waals surface area (Å²) in [6, 6.07) is 3.74. The highest BCUT2D eigenvalue weighted by Crippen LogP contribution is 2.43. The molecule has 0 bridgehead atoms. The summed E-state index contributed by atoms with van der Waals surface area (Å²) >= 11 is 0. The number of H-pyrrole nitrogens is 1. The number of fused-ring (bicyclic) bond motifs is 2. The van der Waals surface area contributed by atoms with E-state index < -0.39 is 18.4 Å². The van der Waals surface area contributed by atoms with E-state index in [1.54, 1.807) is 29.3 Å². The Balaban J connectivity index is 1.43. The smallest absolute Gasteiger partial charge is 0.267 e. The predicted octanol–water partition coefficient (Wildman–Crippen LogP) is 3.12. The molecule has 1 aliphatic carbocycles. The molecule has 0 amide bonds. The summed E-state index contributed by atoms with van der Waals surface area (Å²) in [6.07, 6.45) is 8.02. The van der Waals surface area contributed by atoms with E-state index in [4.69, 9.17) is 0 Å².